The Morgan fingerprint density at radius 2 is 1.83 bits per heavy atom. The third-order valence-electron chi connectivity index (χ3n) is 2.36. The van der Waals surface area contributed by atoms with Gasteiger partial charge in [-0.3, -0.25) is 0 Å². The average molecular weight is 320 g/mol. The molecule has 0 saturated heterocycles. The molecule has 0 amide bonds. The second-order valence-electron chi connectivity index (χ2n) is 3.72. The van der Waals surface area contributed by atoms with Crippen LogP contribution in [-0.4, -0.2) is 38.6 Å². The fraction of sp³-hybridized carbons (Fsp3) is 0.500. The summed E-state index contributed by atoms with van der Waals surface area (Å²) in [6, 6.07) is 3.70. The Labute approximate surface area is 115 Å². The van der Waals surface area contributed by atoms with Crippen LogP contribution < -0.4 is 15.2 Å². The minimum absolute atomic E-state index is 0.187. The van der Waals surface area contributed by atoms with Crippen LogP contribution in [-0.2, 0) is 11.3 Å². The van der Waals surface area contributed by atoms with E-state index in [4.69, 9.17) is 19.9 Å². The van der Waals surface area contributed by atoms with Crippen molar-refractivity contribution >= 4 is 15.9 Å². The molecule has 5 nitrogen and oxygen atoms in total. The number of aliphatic hydroxyl groups is 1. The van der Waals surface area contributed by atoms with Gasteiger partial charge in [0.1, 0.15) is 16.0 Å². The van der Waals surface area contributed by atoms with Crippen LogP contribution in [0.25, 0.3) is 0 Å². The van der Waals surface area contributed by atoms with Gasteiger partial charge in [0.25, 0.3) is 0 Å². The van der Waals surface area contributed by atoms with Gasteiger partial charge in [-0.2, -0.15) is 0 Å². The van der Waals surface area contributed by atoms with Gasteiger partial charge in [-0.15, -0.1) is 0 Å². The van der Waals surface area contributed by atoms with Gasteiger partial charge in [-0.25, -0.2) is 0 Å². The zero-order valence-electron chi connectivity index (χ0n) is 10.5. The molecule has 0 saturated carbocycles. The highest BCUT2D eigenvalue weighted by Crippen LogP contribution is 2.35. The third-order valence-corrected chi connectivity index (χ3v) is 3.14. The Morgan fingerprint density at radius 3 is 2.28 bits per heavy atom. The average Bonchev–Trinajstić information content (AvgIpc) is 2.39. The molecule has 1 aromatic carbocycles. The molecule has 1 aromatic rings. The molecule has 102 valence electrons. The molecule has 0 fully saturated rings. The molecule has 1 rings (SSSR count). The van der Waals surface area contributed by atoms with Crippen molar-refractivity contribution in [3.05, 3.63) is 22.2 Å². The fourth-order valence-electron chi connectivity index (χ4n) is 1.39. The minimum atomic E-state index is -0.635. The molecule has 0 heterocycles. The second-order valence-corrected chi connectivity index (χ2v) is 4.51. The van der Waals surface area contributed by atoms with Crippen molar-refractivity contribution in [1.29, 1.82) is 0 Å². The molecule has 1 atom stereocenters. The number of aliphatic hydroxyl groups excluding tert-OH is 1. The SMILES string of the molecule is COc1cc(COC[C@H](O)CN)cc(OC)c1Br. The second kappa shape index (κ2) is 7.58. The van der Waals surface area contributed by atoms with Gasteiger partial charge in [0.05, 0.1) is 33.5 Å². The van der Waals surface area contributed by atoms with Crippen molar-refractivity contribution in [2.45, 2.75) is 12.7 Å². The minimum Gasteiger partial charge on any atom is -0.495 e. The van der Waals surface area contributed by atoms with E-state index in [1.165, 1.54) is 0 Å². The number of nitrogens with two attached hydrogens (primary N) is 1. The van der Waals surface area contributed by atoms with Gasteiger partial charge in [-0.1, -0.05) is 0 Å². The first kappa shape index (κ1) is 15.2. The summed E-state index contributed by atoms with van der Waals surface area (Å²) in [6.45, 7) is 0.751. The number of ether oxygens (including phenoxy) is 3. The van der Waals surface area contributed by atoms with Gasteiger partial charge in [0.2, 0.25) is 0 Å². The predicted molar refractivity (Wildman–Crippen MR) is 72.0 cm³/mol. The third kappa shape index (κ3) is 4.13. The normalized spacial score (nSPS) is 12.3. The molecule has 0 unspecified atom stereocenters. The van der Waals surface area contributed by atoms with Crippen LogP contribution in [0.5, 0.6) is 11.5 Å². The van der Waals surface area contributed by atoms with Gasteiger partial charge >= 0.3 is 0 Å². The summed E-state index contributed by atoms with van der Waals surface area (Å²) in [4.78, 5) is 0. The van der Waals surface area contributed by atoms with Gasteiger partial charge < -0.3 is 25.1 Å². The highest BCUT2D eigenvalue weighted by Gasteiger charge is 2.10. The molecular formula is C12H18BrNO4. The van der Waals surface area contributed by atoms with E-state index in [0.29, 0.717) is 18.1 Å². The van der Waals surface area contributed by atoms with Crippen LogP contribution in [0.3, 0.4) is 0 Å². The number of halogens is 1. The zero-order chi connectivity index (χ0) is 13.5. The Morgan fingerprint density at radius 1 is 1.28 bits per heavy atom. The van der Waals surface area contributed by atoms with Crippen molar-refractivity contribution in [2.75, 3.05) is 27.4 Å². The molecule has 0 aliphatic carbocycles. The standard InChI is InChI=1S/C12H18BrNO4/c1-16-10-3-8(4-11(17-2)12(10)13)6-18-7-9(15)5-14/h3-4,9,15H,5-7,14H2,1-2H3/t9-/m1/s1. The summed E-state index contributed by atoms with van der Waals surface area (Å²) in [5, 5.41) is 9.27. The predicted octanol–water partition coefficient (Wildman–Crippen LogP) is 1.30. The number of benzene rings is 1. The summed E-state index contributed by atoms with van der Waals surface area (Å²) in [6.07, 6.45) is -0.635. The zero-order valence-corrected chi connectivity index (χ0v) is 12.1. The molecule has 18 heavy (non-hydrogen) atoms. The molecule has 0 bridgehead atoms. The quantitative estimate of drug-likeness (QED) is 0.792. The smallest absolute Gasteiger partial charge is 0.137 e. The van der Waals surface area contributed by atoms with E-state index in [1.54, 1.807) is 14.2 Å². The van der Waals surface area contributed by atoms with Crippen molar-refractivity contribution in [2.24, 2.45) is 5.73 Å². The fourth-order valence-corrected chi connectivity index (χ4v) is 1.94. The highest BCUT2D eigenvalue weighted by molar-refractivity contribution is 9.10. The number of methoxy groups -OCH3 is 2. The lowest BCUT2D eigenvalue weighted by Crippen LogP contribution is -2.24. The van der Waals surface area contributed by atoms with Crippen LogP contribution >= 0.6 is 15.9 Å². The van der Waals surface area contributed by atoms with Crippen molar-refractivity contribution < 1.29 is 19.3 Å². The van der Waals surface area contributed by atoms with Crippen molar-refractivity contribution in [3.63, 3.8) is 0 Å². The lowest BCUT2D eigenvalue weighted by atomic mass is 10.2. The monoisotopic (exact) mass is 319 g/mol. The van der Waals surface area contributed by atoms with E-state index in [2.05, 4.69) is 15.9 Å². The molecule has 3 N–H and O–H groups in total. The topological polar surface area (TPSA) is 73.9 Å². The largest absolute Gasteiger partial charge is 0.495 e. The van der Waals surface area contributed by atoms with Gasteiger partial charge in [0, 0.05) is 6.54 Å². The summed E-state index contributed by atoms with van der Waals surface area (Å²) in [5.41, 5.74) is 6.19. The van der Waals surface area contributed by atoms with E-state index in [9.17, 15) is 5.11 Å². The van der Waals surface area contributed by atoms with E-state index in [-0.39, 0.29) is 13.2 Å². The van der Waals surface area contributed by atoms with Crippen LogP contribution in [0.4, 0.5) is 0 Å². The van der Waals surface area contributed by atoms with Crippen molar-refractivity contribution in [1.82, 2.24) is 0 Å². The first-order valence-corrected chi connectivity index (χ1v) is 6.28. The first-order chi connectivity index (χ1) is 8.62. The van der Waals surface area contributed by atoms with E-state index in [0.717, 1.165) is 10.0 Å². The number of hydrogen-bond acceptors (Lipinski definition) is 5. The number of rotatable bonds is 7. The summed E-state index contributed by atoms with van der Waals surface area (Å²) in [7, 11) is 3.17. The van der Waals surface area contributed by atoms with Crippen LogP contribution in [0, 0.1) is 0 Å². The summed E-state index contributed by atoms with van der Waals surface area (Å²) in [5.74, 6) is 1.35. The van der Waals surface area contributed by atoms with E-state index >= 15 is 0 Å². The molecule has 0 aliphatic heterocycles. The maximum Gasteiger partial charge on any atom is 0.137 e. The Balaban J connectivity index is 2.71. The Hall–Kier alpha value is -0.820. The van der Waals surface area contributed by atoms with E-state index in [1.807, 2.05) is 12.1 Å². The van der Waals surface area contributed by atoms with Crippen LogP contribution in [0.1, 0.15) is 5.56 Å². The summed E-state index contributed by atoms with van der Waals surface area (Å²) < 4.78 is 16.6. The molecular weight excluding hydrogens is 302 g/mol. The number of hydrogen-bond donors (Lipinski definition) is 2. The first-order valence-electron chi connectivity index (χ1n) is 5.48. The Bertz CT molecular complexity index is 361. The van der Waals surface area contributed by atoms with Gasteiger partial charge in [0.15, 0.2) is 0 Å². The van der Waals surface area contributed by atoms with Crippen LogP contribution in [0.2, 0.25) is 0 Å². The maximum absolute atomic E-state index is 9.27. The van der Waals surface area contributed by atoms with E-state index < -0.39 is 6.10 Å². The summed E-state index contributed by atoms with van der Waals surface area (Å²) >= 11 is 3.39. The molecule has 0 spiro atoms. The maximum atomic E-state index is 9.27. The molecule has 6 heteroatoms. The highest BCUT2D eigenvalue weighted by atomic mass is 79.9. The van der Waals surface area contributed by atoms with Crippen molar-refractivity contribution in [3.8, 4) is 11.5 Å². The lowest BCUT2D eigenvalue weighted by Gasteiger charge is -2.13. The lowest BCUT2D eigenvalue weighted by molar-refractivity contribution is 0.0328. The molecule has 0 aliphatic rings. The Kier molecular flexibility index (Phi) is 6.42. The van der Waals surface area contributed by atoms with Gasteiger partial charge in [-0.05, 0) is 33.6 Å². The van der Waals surface area contributed by atoms with Crippen LogP contribution in [0.15, 0.2) is 16.6 Å². The molecule has 0 radical (unpaired) electrons. The molecule has 0 aromatic heterocycles.